The summed E-state index contributed by atoms with van der Waals surface area (Å²) in [6.45, 7) is 5.09. The summed E-state index contributed by atoms with van der Waals surface area (Å²) in [7, 11) is 1.32. The summed E-state index contributed by atoms with van der Waals surface area (Å²) >= 11 is 0. The highest BCUT2D eigenvalue weighted by Crippen LogP contribution is 2.21. The lowest BCUT2D eigenvalue weighted by Crippen LogP contribution is -2.49. The minimum Gasteiger partial charge on any atom is -0.494 e. The zero-order valence-electron chi connectivity index (χ0n) is 11.9. The average Bonchev–Trinajstić information content (AvgIpc) is 2.33. The standard InChI is InChI=1S/C14H18FNO4/c1-14(2,3)11(13(18)19)16-12(17)8-5-6-10(20-4)9(15)7-8/h5-7,11H,1-4H3,(H,16,17)(H,18,19). The topological polar surface area (TPSA) is 75.6 Å². The molecule has 5 nitrogen and oxygen atoms in total. The van der Waals surface area contributed by atoms with Crippen molar-refractivity contribution in [1.29, 1.82) is 0 Å². The van der Waals surface area contributed by atoms with Crippen LogP contribution in [0.15, 0.2) is 18.2 Å². The van der Waals surface area contributed by atoms with Crippen LogP contribution in [0.2, 0.25) is 0 Å². The highest BCUT2D eigenvalue weighted by molar-refractivity contribution is 5.96. The molecular formula is C14H18FNO4. The summed E-state index contributed by atoms with van der Waals surface area (Å²) in [5, 5.41) is 11.5. The maximum atomic E-state index is 13.5. The van der Waals surface area contributed by atoms with Gasteiger partial charge in [0.2, 0.25) is 0 Å². The molecule has 1 rings (SSSR count). The Bertz CT molecular complexity index is 522. The molecule has 0 aliphatic rings. The number of carbonyl (C=O) groups is 2. The molecule has 0 saturated carbocycles. The first-order chi connectivity index (χ1) is 9.16. The molecule has 20 heavy (non-hydrogen) atoms. The molecule has 0 aliphatic carbocycles. The van der Waals surface area contributed by atoms with Crippen molar-refractivity contribution < 1.29 is 23.8 Å². The van der Waals surface area contributed by atoms with Crippen molar-refractivity contribution in [2.45, 2.75) is 26.8 Å². The Morgan fingerprint density at radius 1 is 1.35 bits per heavy atom. The number of nitrogens with one attached hydrogen (secondary N) is 1. The highest BCUT2D eigenvalue weighted by atomic mass is 19.1. The number of hydrogen-bond donors (Lipinski definition) is 2. The minimum atomic E-state index is -1.14. The number of carboxylic acids is 1. The second-order valence-corrected chi connectivity index (χ2v) is 5.46. The number of amides is 1. The minimum absolute atomic E-state index is 0.0205. The maximum Gasteiger partial charge on any atom is 0.326 e. The summed E-state index contributed by atoms with van der Waals surface area (Å²) in [6, 6.07) is 2.63. The van der Waals surface area contributed by atoms with Crippen LogP contribution in [-0.4, -0.2) is 30.1 Å². The lowest BCUT2D eigenvalue weighted by molar-refractivity contribution is -0.142. The van der Waals surface area contributed by atoms with E-state index in [1.54, 1.807) is 20.8 Å². The second kappa shape index (κ2) is 5.90. The van der Waals surface area contributed by atoms with E-state index < -0.39 is 29.2 Å². The van der Waals surface area contributed by atoms with Crippen molar-refractivity contribution in [3.63, 3.8) is 0 Å². The molecule has 1 atom stereocenters. The monoisotopic (exact) mass is 283 g/mol. The number of carboxylic acid groups (broad SMARTS) is 1. The summed E-state index contributed by atoms with van der Waals surface area (Å²) in [5.74, 6) is -2.44. The van der Waals surface area contributed by atoms with Crippen LogP contribution in [0.25, 0.3) is 0 Å². The Kier molecular flexibility index (Phi) is 4.70. The van der Waals surface area contributed by atoms with Crippen molar-refractivity contribution in [2.75, 3.05) is 7.11 Å². The van der Waals surface area contributed by atoms with Gasteiger partial charge < -0.3 is 15.2 Å². The van der Waals surface area contributed by atoms with Crippen LogP contribution >= 0.6 is 0 Å². The molecule has 1 aromatic carbocycles. The van der Waals surface area contributed by atoms with Gasteiger partial charge in [0.05, 0.1) is 7.11 Å². The van der Waals surface area contributed by atoms with Gasteiger partial charge in [-0.25, -0.2) is 9.18 Å². The van der Waals surface area contributed by atoms with Gasteiger partial charge in [-0.1, -0.05) is 20.8 Å². The zero-order valence-corrected chi connectivity index (χ0v) is 11.9. The number of ether oxygens (including phenoxy) is 1. The average molecular weight is 283 g/mol. The summed E-state index contributed by atoms with van der Waals surface area (Å²) in [6.07, 6.45) is 0. The largest absolute Gasteiger partial charge is 0.494 e. The first-order valence-electron chi connectivity index (χ1n) is 6.04. The number of hydrogen-bond acceptors (Lipinski definition) is 3. The van der Waals surface area contributed by atoms with E-state index in [-0.39, 0.29) is 11.3 Å². The second-order valence-electron chi connectivity index (χ2n) is 5.46. The molecular weight excluding hydrogens is 265 g/mol. The van der Waals surface area contributed by atoms with Crippen LogP contribution in [0.1, 0.15) is 31.1 Å². The van der Waals surface area contributed by atoms with Crippen molar-refractivity contribution >= 4 is 11.9 Å². The van der Waals surface area contributed by atoms with Crippen LogP contribution in [0.3, 0.4) is 0 Å². The van der Waals surface area contributed by atoms with Gasteiger partial charge in [0.15, 0.2) is 11.6 Å². The Morgan fingerprint density at radius 3 is 2.35 bits per heavy atom. The van der Waals surface area contributed by atoms with Crippen LogP contribution in [0.4, 0.5) is 4.39 Å². The van der Waals surface area contributed by atoms with E-state index in [0.29, 0.717) is 0 Å². The van der Waals surface area contributed by atoms with Crippen LogP contribution in [-0.2, 0) is 4.79 Å². The van der Waals surface area contributed by atoms with E-state index in [1.807, 2.05) is 0 Å². The van der Waals surface area contributed by atoms with Gasteiger partial charge in [-0.2, -0.15) is 0 Å². The molecule has 110 valence electrons. The number of benzene rings is 1. The Hall–Kier alpha value is -2.11. The molecule has 0 aromatic heterocycles. The number of halogens is 1. The molecule has 0 heterocycles. The molecule has 0 radical (unpaired) electrons. The lowest BCUT2D eigenvalue weighted by Gasteiger charge is -2.27. The quantitative estimate of drug-likeness (QED) is 0.887. The molecule has 0 spiro atoms. The molecule has 0 bridgehead atoms. The molecule has 0 fully saturated rings. The summed E-state index contributed by atoms with van der Waals surface area (Å²) < 4.78 is 18.3. The third kappa shape index (κ3) is 3.69. The molecule has 0 saturated heterocycles. The fourth-order valence-corrected chi connectivity index (χ4v) is 1.67. The zero-order chi connectivity index (χ0) is 15.5. The fourth-order valence-electron chi connectivity index (χ4n) is 1.67. The summed E-state index contributed by atoms with van der Waals surface area (Å²) in [5.41, 5.74) is -0.620. The third-order valence-electron chi connectivity index (χ3n) is 2.80. The smallest absolute Gasteiger partial charge is 0.326 e. The molecule has 0 aliphatic heterocycles. The number of aliphatic carboxylic acids is 1. The van der Waals surface area contributed by atoms with E-state index in [4.69, 9.17) is 9.84 Å². The van der Waals surface area contributed by atoms with Gasteiger partial charge in [0.25, 0.3) is 5.91 Å². The molecule has 1 unspecified atom stereocenters. The van der Waals surface area contributed by atoms with E-state index in [0.717, 1.165) is 6.07 Å². The maximum absolute atomic E-state index is 13.5. The Balaban J connectivity index is 2.95. The predicted molar refractivity (Wildman–Crippen MR) is 71.3 cm³/mol. The van der Waals surface area contributed by atoms with Crippen molar-refractivity contribution in [1.82, 2.24) is 5.32 Å². The Morgan fingerprint density at radius 2 is 1.95 bits per heavy atom. The van der Waals surface area contributed by atoms with E-state index >= 15 is 0 Å². The van der Waals surface area contributed by atoms with E-state index in [9.17, 15) is 14.0 Å². The molecule has 1 amide bonds. The number of rotatable bonds is 4. The van der Waals surface area contributed by atoms with Crippen molar-refractivity contribution in [3.8, 4) is 5.75 Å². The third-order valence-corrected chi connectivity index (χ3v) is 2.80. The first kappa shape index (κ1) is 15.9. The SMILES string of the molecule is COc1ccc(C(=O)NC(C(=O)O)C(C)(C)C)cc1F. The van der Waals surface area contributed by atoms with Gasteiger partial charge >= 0.3 is 5.97 Å². The van der Waals surface area contributed by atoms with Gasteiger partial charge in [0.1, 0.15) is 6.04 Å². The van der Waals surface area contributed by atoms with Crippen molar-refractivity contribution in [2.24, 2.45) is 5.41 Å². The fraction of sp³-hybridized carbons (Fsp3) is 0.429. The first-order valence-corrected chi connectivity index (χ1v) is 6.04. The van der Waals surface area contributed by atoms with Gasteiger partial charge in [0, 0.05) is 5.56 Å². The number of methoxy groups -OCH3 is 1. The normalized spacial score (nSPS) is 12.7. The molecule has 1 aromatic rings. The number of carbonyl (C=O) groups excluding carboxylic acids is 1. The van der Waals surface area contributed by atoms with Gasteiger partial charge in [-0.15, -0.1) is 0 Å². The van der Waals surface area contributed by atoms with E-state index in [2.05, 4.69) is 5.32 Å². The lowest BCUT2D eigenvalue weighted by atomic mass is 9.86. The predicted octanol–water partition coefficient (Wildman–Crippen LogP) is 2.06. The Labute approximate surface area is 116 Å². The van der Waals surface area contributed by atoms with Crippen LogP contribution < -0.4 is 10.1 Å². The van der Waals surface area contributed by atoms with E-state index in [1.165, 1.54) is 19.2 Å². The highest BCUT2D eigenvalue weighted by Gasteiger charge is 2.32. The van der Waals surface area contributed by atoms with Gasteiger partial charge in [-0.3, -0.25) is 4.79 Å². The van der Waals surface area contributed by atoms with Crippen LogP contribution in [0, 0.1) is 11.2 Å². The van der Waals surface area contributed by atoms with Crippen molar-refractivity contribution in [3.05, 3.63) is 29.6 Å². The summed E-state index contributed by atoms with van der Waals surface area (Å²) in [4.78, 5) is 23.1. The molecule has 6 heteroatoms. The molecule has 2 N–H and O–H groups in total. The van der Waals surface area contributed by atoms with Crippen LogP contribution in [0.5, 0.6) is 5.75 Å². The van der Waals surface area contributed by atoms with Gasteiger partial charge in [-0.05, 0) is 23.6 Å².